The van der Waals surface area contributed by atoms with Crippen LogP contribution in [-0.2, 0) is 32.6 Å². The van der Waals surface area contributed by atoms with E-state index in [0.717, 1.165) is 30.9 Å². The number of benzene rings is 2. The van der Waals surface area contributed by atoms with Crippen molar-refractivity contribution in [3.05, 3.63) is 78.7 Å². The van der Waals surface area contributed by atoms with Gasteiger partial charge in [-0.05, 0) is 55.6 Å². The fraction of sp³-hybridized carbons (Fsp3) is 0.457. The molecule has 1 saturated heterocycles. The molecule has 0 radical (unpaired) electrons. The minimum atomic E-state index is -0.197. The van der Waals surface area contributed by atoms with Crippen molar-refractivity contribution >= 4 is 33.5 Å². The largest absolute Gasteiger partial charge is 0.464 e. The van der Waals surface area contributed by atoms with Gasteiger partial charge in [-0.2, -0.15) is 0 Å². The van der Waals surface area contributed by atoms with E-state index in [2.05, 4.69) is 95.3 Å². The van der Waals surface area contributed by atoms with Gasteiger partial charge in [0.2, 0.25) is 5.91 Å². The minimum absolute atomic E-state index is 0.197. The number of rotatable bonds is 18. The van der Waals surface area contributed by atoms with Crippen LogP contribution < -0.4 is 10.6 Å². The number of hydrogen-bond acceptors (Lipinski definition) is 8. The summed E-state index contributed by atoms with van der Waals surface area (Å²) < 4.78 is 24.6. The lowest BCUT2D eigenvalue weighted by Gasteiger charge is -2.25. The first-order valence-electron chi connectivity index (χ1n) is 15.7. The maximum absolute atomic E-state index is 11.1. The summed E-state index contributed by atoms with van der Waals surface area (Å²) in [4.78, 5) is 16.0. The molecule has 2 aromatic heterocycles. The van der Waals surface area contributed by atoms with Crippen molar-refractivity contribution in [2.75, 3.05) is 85.2 Å². The van der Waals surface area contributed by atoms with Gasteiger partial charge in [0.1, 0.15) is 5.58 Å². The number of amides is 1. The molecule has 2 atom stereocenters. The van der Waals surface area contributed by atoms with Crippen molar-refractivity contribution in [3.8, 4) is 0 Å². The number of likely N-dealkylation sites (tertiary alicyclic amines) is 1. The van der Waals surface area contributed by atoms with Gasteiger partial charge in [0.25, 0.3) is 0 Å². The molecule has 3 heterocycles. The number of furan rings is 1. The van der Waals surface area contributed by atoms with Crippen LogP contribution >= 0.6 is 0 Å². The number of carbonyl (C=O) groups excluding carboxylic acids is 1. The van der Waals surface area contributed by atoms with E-state index in [0.29, 0.717) is 64.7 Å². The SMILES string of the molecule is C=CC(=O)NCCOCCOCCOCCNc1ccc2c([C@H]3CN(Cc4cccc5occc45)C[C@@H]3N(C)C)cn(C)c2c1. The highest BCUT2D eigenvalue weighted by atomic mass is 16.5. The van der Waals surface area contributed by atoms with E-state index >= 15 is 0 Å². The number of ether oxygens (including phenoxy) is 3. The predicted molar refractivity (Wildman–Crippen MR) is 179 cm³/mol. The van der Waals surface area contributed by atoms with E-state index in [9.17, 15) is 4.79 Å². The van der Waals surface area contributed by atoms with E-state index in [1.165, 1.54) is 33.5 Å². The predicted octanol–water partition coefficient (Wildman–Crippen LogP) is 4.22. The number of nitrogens with zero attached hydrogens (tertiary/aromatic N) is 3. The van der Waals surface area contributed by atoms with Gasteiger partial charge in [-0.25, -0.2) is 0 Å². The molecule has 2 N–H and O–H groups in total. The van der Waals surface area contributed by atoms with Gasteiger partial charge in [0.15, 0.2) is 0 Å². The van der Waals surface area contributed by atoms with Crippen LogP contribution in [0, 0.1) is 0 Å². The summed E-state index contributed by atoms with van der Waals surface area (Å²) in [5, 5.41) is 8.68. The van der Waals surface area contributed by atoms with Gasteiger partial charge in [-0.1, -0.05) is 24.8 Å². The van der Waals surface area contributed by atoms with Crippen molar-refractivity contribution < 1.29 is 23.4 Å². The highest BCUT2D eigenvalue weighted by molar-refractivity contribution is 5.88. The van der Waals surface area contributed by atoms with E-state index in [1.54, 1.807) is 6.26 Å². The summed E-state index contributed by atoms with van der Waals surface area (Å²) in [6.07, 6.45) is 5.35. The maximum atomic E-state index is 11.1. The number of aryl methyl sites for hydroxylation is 1. The Morgan fingerprint density at radius 1 is 1.00 bits per heavy atom. The molecule has 2 aromatic carbocycles. The van der Waals surface area contributed by atoms with Gasteiger partial charge in [-0.3, -0.25) is 9.69 Å². The highest BCUT2D eigenvalue weighted by Crippen LogP contribution is 2.37. The zero-order valence-corrected chi connectivity index (χ0v) is 26.8. The van der Waals surface area contributed by atoms with Crippen LogP contribution in [0.15, 0.2) is 72.0 Å². The fourth-order valence-electron chi connectivity index (χ4n) is 6.21. The molecule has 1 aliphatic rings. The third-order valence-corrected chi connectivity index (χ3v) is 8.48. The van der Waals surface area contributed by atoms with Crippen LogP contribution in [0.3, 0.4) is 0 Å². The Morgan fingerprint density at radius 3 is 2.51 bits per heavy atom. The average molecular weight is 618 g/mol. The van der Waals surface area contributed by atoms with Crippen molar-refractivity contribution in [2.24, 2.45) is 7.05 Å². The fourth-order valence-corrected chi connectivity index (χ4v) is 6.21. The normalized spacial score (nSPS) is 17.1. The van der Waals surface area contributed by atoms with Crippen LogP contribution in [0.1, 0.15) is 17.0 Å². The first-order valence-corrected chi connectivity index (χ1v) is 15.7. The third-order valence-electron chi connectivity index (χ3n) is 8.48. The van der Waals surface area contributed by atoms with Gasteiger partial charge in [0, 0.05) is 74.4 Å². The zero-order chi connectivity index (χ0) is 31.6. The molecule has 1 aliphatic heterocycles. The summed E-state index contributed by atoms with van der Waals surface area (Å²) in [5.41, 5.74) is 6.00. The summed E-state index contributed by atoms with van der Waals surface area (Å²) in [5.74, 6) is 0.218. The number of fused-ring (bicyclic) bond motifs is 2. The number of aromatic nitrogens is 1. The molecule has 10 heteroatoms. The van der Waals surface area contributed by atoms with Crippen LogP contribution in [0.4, 0.5) is 5.69 Å². The quantitative estimate of drug-likeness (QED) is 0.127. The lowest BCUT2D eigenvalue weighted by molar-refractivity contribution is -0.116. The van der Waals surface area contributed by atoms with E-state index in [1.807, 2.05) is 6.07 Å². The Bertz CT molecular complexity index is 1550. The number of carbonyl (C=O) groups is 1. The van der Waals surface area contributed by atoms with Crippen molar-refractivity contribution in [3.63, 3.8) is 0 Å². The molecule has 242 valence electrons. The topological polar surface area (TPSA) is 93.4 Å². The Morgan fingerprint density at radius 2 is 1.76 bits per heavy atom. The Kier molecular flexibility index (Phi) is 11.7. The lowest BCUT2D eigenvalue weighted by atomic mass is 9.93. The molecule has 0 aliphatic carbocycles. The molecular formula is C35H47N5O5. The smallest absolute Gasteiger partial charge is 0.243 e. The average Bonchev–Trinajstić information content (AvgIpc) is 3.77. The van der Waals surface area contributed by atoms with E-state index < -0.39 is 0 Å². The van der Waals surface area contributed by atoms with Crippen LogP contribution in [-0.4, -0.2) is 106 Å². The molecule has 0 saturated carbocycles. The number of anilines is 1. The second-order valence-corrected chi connectivity index (χ2v) is 11.8. The second kappa shape index (κ2) is 16.1. The molecule has 0 spiro atoms. The molecular weight excluding hydrogens is 570 g/mol. The molecule has 0 bridgehead atoms. The summed E-state index contributed by atoms with van der Waals surface area (Å²) >= 11 is 0. The minimum Gasteiger partial charge on any atom is -0.464 e. The van der Waals surface area contributed by atoms with Gasteiger partial charge < -0.3 is 38.7 Å². The number of likely N-dealkylation sites (N-methyl/N-ethyl adjacent to an activating group) is 1. The molecule has 1 amide bonds. The Labute approximate surface area is 265 Å². The maximum Gasteiger partial charge on any atom is 0.243 e. The molecule has 0 unspecified atom stereocenters. The molecule has 1 fully saturated rings. The van der Waals surface area contributed by atoms with Crippen molar-refractivity contribution in [1.82, 2.24) is 19.7 Å². The first kappa shape index (κ1) is 32.7. The van der Waals surface area contributed by atoms with Crippen LogP contribution in [0.2, 0.25) is 0 Å². The van der Waals surface area contributed by atoms with Crippen LogP contribution in [0.5, 0.6) is 0 Å². The highest BCUT2D eigenvalue weighted by Gasteiger charge is 2.36. The third kappa shape index (κ3) is 8.53. The summed E-state index contributed by atoms with van der Waals surface area (Å²) in [6, 6.07) is 15.5. The second-order valence-electron chi connectivity index (χ2n) is 11.8. The van der Waals surface area contributed by atoms with Crippen LogP contribution in [0.25, 0.3) is 21.9 Å². The zero-order valence-electron chi connectivity index (χ0n) is 26.8. The van der Waals surface area contributed by atoms with Crippen molar-refractivity contribution in [2.45, 2.75) is 18.5 Å². The molecule has 10 nitrogen and oxygen atoms in total. The van der Waals surface area contributed by atoms with E-state index in [-0.39, 0.29) is 5.91 Å². The molecule has 4 aromatic rings. The molecule has 45 heavy (non-hydrogen) atoms. The summed E-state index contributed by atoms with van der Waals surface area (Å²) in [6.45, 7) is 10.6. The van der Waals surface area contributed by atoms with Crippen molar-refractivity contribution in [1.29, 1.82) is 0 Å². The molecule has 5 rings (SSSR count). The van der Waals surface area contributed by atoms with Gasteiger partial charge >= 0.3 is 0 Å². The lowest BCUT2D eigenvalue weighted by Crippen LogP contribution is -2.34. The van der Waals surface area contributed by atoms with Gasteiger partial charge in [0.05, 0.1) is 51.4 Å². The van der Waals surface area contributed by atoms with Gasteiger partial charge in [-0.15, -0.1) is 0 Å². The number of hydrogen-bond donors (Lipinski definition) is 2. The monoisotopic (exact) mass is 617 g/mol. The Hall–Kier alpha value is -3.67. The summed E-state index contributed by atoms with van der Waals surface area (Å²) in [7, 11) is 6.54. The first-order chi connectivity index (χ1) is 21.9. The van der Waals surface area contributed by atoms with E-state index in [4.69, 9.17) is 18.6 Å². The Balaban J connectivity index is 1.07. The number of nitrogens with one attached hydrogen (secondary N) is 2. The standard InChI is InChI=1S/C35H47N5O5/c1-5-35(41)37-13-16-43-18-20-44-19-17-42-15-12-36-27-9-10-29-30(23-39(4)32(29)21-27)31-24-40(25-33(31)38(2)3)22-26-7-6-8-34-28(26)11-14-45-34/h5-11,14,21,23,31,33,36H,1,12-13,15-20,22,24-25H2,2-4H3,(H,37,41)/t31-,33+/m1/s1.